The summed E-state index contributed by atoms with van der Waals surface area (Å²) in [5, 5.41) is 3.43. The number of piperazine rings is 1. The van der Waals surface area contributed by atoms with Crippen LogP contribution in [0.2, 0.25) is 0 Å². The number of methoxy groups -OCH3 is 3. The molecule has 0 amide bonds. The van der Waals surface area contributed by atoms with Crippen LogP contribution in [-0.4, -0.2) is 59.0 Å². The Labute approximate surface area is 167 Å². The number of ether oxygens (including phenoxy) is 4. The molecular formula is C22H30N2O4. The average molecular weight is 386 g/mol. The molecule has 0 saturated carbocycles. The summed E-state index contributed by atoms with van der Waals surface area (Å²) in [4.78, 5) is 2.48. The van der Waals surface area contributed by atoms with Crippen molar-refractivity contribution in [1.82, 2.24) is 10.2 Å². The fourth-order valence-corrected chi connectivity index (χ4v) is 3.71. The molecular weight excluding hydrogens is 356 g/mol. The van der Waals surface area contributed by atoms with Gasteiger partial charge in [0.1, 0.15) is 0 Å². The molecule has 3 rings (SSSR count). The predicted molar refractivity (Wildman–Crippen MR) is 110 cm³/mol. The molecule has 1 atom stereocenters. The molecule has 0 spiro atoms. The Morgan fingerprint density at radius 3 is 1.89 bits per heavy atom. The summed E-state index contributed by atoms with van der Waals surface area (Å²) in [7, 11) is 5.00. The first-order chi connectivity index (χ1) is 13.7. The van der Waals surface area contributed by atoms with Gasteiger partial charge in [0.15, 0.2) is 23.0 Å². The number of hydrogen-bond donors (Lipinski definition) is 1. The van der Waals surface area contributed by atoms with Gasteiger partial charge in [0.2, 0.25) is 0 Å². The van der Waals surface area contributed by atoms with Crippen molar-refractivity contribution in [1.29, 1.82) is 0 Å². The molecule has 0 bridgehead atoms. The van der Waals surface area contributed by atoms with Crippen LogP contribution in [0.25, 0.3) is 0 Å². The lowest BCUT2D eigenvalue weighted by atomic mass is 9.95. The zero-order valence-corrected chi connectivity index (χ0v) is 17.2. The topological polar surface area (TPSA) is 52.2 Å². The highest BCUT2D eigenvalue weighted by molar-refractivity contribution is 5.49. The second-order valence-corrected chi connectivity index (χ2v) is 6.65. The van der Waals surface area contributed by atoms with Crippen LogP contribution in [0, 0.1) is 0 Å². The number of rotatable bonds is 8. The van der Waals surface area contributed by atoms with Crippen molar-refractivity contribution in [2.75, 3.05) is 54.1 Å². The van der Waals surface area contributed by atoms with E-state index in [1.54, 1.807) is 21.3 Å². The molecule has 0 radical (unpaired) electrons. The summed E-state index contributed by atoms with van der Waals surface area (Å²) < 4.78 is 22.3. The second kappa shape index (κ2) is 9.66. The quantitative estimate of drug-likeness (QED) is 0.752. The zero-order chi connectivity index (χ0) is 19.9. The molecule has 6 heteroatoms. The number of nitrogens with one attached hydrogen (secondary N) is 1. The summed E-state index contributed by atoms with van der Waals surface area (Å²) >= 11 is 0. The lowest BCUT2D eigenvalue weighted by Crippen LogP contribution is -2.45. The van der Waals surface area contributed by atoms with E-state index in [2.05, 4.69) is 34.5 Å². The lowest BCUT2D eigenvalue weighted by Gasteiger charge is -2.36. The van der Waals surface area contributed by atoms with Crippen molar-refractivity contribution in [3.8, 4) is 23.0 Å². The molecule has 1 unspecified atom stereocenters. The SMILES string of the molecule is CCOc1ccc(C(c2ccc(OC)c(OC)c2)N2CCNCC2)cc1OC. The predicted octanol–water partition coefficient (Wildman–Crippen LogP) is 3.11. The van der Waals surface area contributed by atoms with E-state index in [4.69, 9.17) is 18.9 Å². The fraction of sp³-hybridized carbons (Fsp3) is 0.455. The van der Waals surface area contributed by atoms with Crippen molar-refractivity contribution >= 4 is 0 Å². The van der Waals surface area contributed by atoms with Gasteiger partial charge in [-0.05, 0) is 42.3 Å². The molecule has 152 valence electrons. The first-order valence-corrected chi connectivity index (χ1v) is 9.69. The summed E-state index contributed by atoms with van der Waals surface area (Å²) in [5.41, 5.74) is 2.32. The third-order valence-electron chi connectivity index (χ3n) is 5.04. The van der Waals surface area contributed by atoms with Gasteiger partial charge in [0.05, 0.1) is 34.0 Å². The van der Waals surface area contributed by atoms with E-state index in [0.717, 1.165) is 60.3 Å². The van der Waals surface area contributed by atoms with Gasteiger partial charge in [-0.25, -0.2) is 0 Å². The van der Waals surface area contributed by atoms with E-state index in [9.17, 15) is 0 Å². The Kier molecular flexibility index (Phi) is 7.01. The van der Waals surface area contributed by atoms with Crippen molar-refractivity contribution in [2.45, 2.75) is 13.0 Å². The first kappa shape index (κ1) is 20.3. The minimum Gasteiger partial charge on any atom is -0.493 e. The zero-order valence-electron chi connectivity index (χ0n) is 17.2. The number of nitrogens with zero attached hydrogens (tertiary/aromatic N) is 1. The van der Waals surface area contributed by atoms with E-state index < -0.39 is 0 Å². The van der Waals surface area contributed by atoms with Crippen LogP contribution in [0.1, 0.15) is 24.1 Å². The highest BCUT2D eigenvalue weighted by Gasteiger charge is 2.26. The van der Waals surface area contributed by atoms with E-state index in [0.29, 0.717) is 6.61 Å². The molecule has 0 aromatic heterocycles. The molecule has 1 aliphatic heterocycles. The summed E-state index contributed by atoms with van der Waals surface area (Å²) in [5.74, 6) is 2.98. The van der Waals surface area contributed by atoms with Gasteiger partial charge in [-0.3, -0.25) is 4.90 Å². The molecule has 2 aromatic carbocycles. The highest BCUT2D eigenvalue weighted by Crippen LogP contribution is 2.38. The van der Waals surface area contributed by atoms with E-state index >= 15 is 0 Å². The first-order valence-electron chi connectivity index (χ1n) is 9.69. The van der Waals surface area contributed by atoms with Gasteiger partial charge in [0, 0.05) is 26.2 Å². The van der Waals surface area contributed by atoms with Crippen LogP contribution < -0.4 is 24.3 Å². The van der Waals surface area contributed by atoms with Crippen molar-refractivity contribution in [3.63, 3.8) is 0 Å². The van der Waals surface area contributed by atoms with Crippen LogP contribution in [0.5, 0.6) is 23.0 Å². The van der Waals surface area contributed by atoms with Gasteiger partial charge >= 0.3 is 0 Å². The summed E-state index contributed by atoms with van der Waals surface area (Å²) in [6.45, 7) is 6.45. The molecule has 6 nitrogen and oxygen atoms in total. The minimum atomic E-state index is 0.0893. The van der Waals surface area contributed by atoms with Gasteiger partial charge in [-0.2, -0.15) is 0 Å². The van der Waals surface area contributed by atoms with Crippen molar-refractivity contribution < 1.29 is 18.9 Å². The van der Waals surface area contributed by atoms with E-state index in [1.807, 2.05) is 19.1 Å². The van der Waals surface area contributed by atoms with Crippen LogP contribution in [0.4, 0.5) is 0 Å². The smallest absolute Gasteiger partial charge is 0.161 e. The second-order valence-electron chi connectivity index (χ2n) is 6.65. The Bertz CT molecular complexity index is 775. The summed E-state index contributed by atoms with van der Waals surface area (Å²) in [6, 6.07) is 12.4. The maximum absolute atomic E-state index is 5.70. The largest absolute Gasteiger partial charge is 0.493 e. The lowest BCUT2D eigenvalue weighted by molar-refractivity contribution is 0.197. The van der Waals surface area contributed by atoms with Gasteiger partial charge in [-0.1, -0.05) is 12.1 Å². The summed E-state index contributed by atoms with van der Waals surface area (Å²) in [6.07, 6.45) is 0. The molecule has 1 heterocycles. The third kappa shape index (κ3) is 4.34. The third-order valence-corrected chi connectivity index (χ3v) is 5.04. The van der Waals surface area contributed by atoms with Crippen LogP contribution in [0.15, 0.2) is 36.4 Å². The minimum absolute atomic E-state index is 0.0893. The molecule has 1 fully saturated rings. The standard InChI is InChI=1S/C22H30N2O4/c1-5-28-19-9-7-17(15-21(19)27-4)22(24-12-10-23-11-13-24)16-6-8-18(25-2)20(14-16)26-3/h6-9,14-15,22-23H,5,10-13H2,1-4H3. The fourth-order valence-electron chi connectivity index (χ4n) is 3.71. The van der Waals surface area contributed by atoms with Gasteiger partial charge in [-0.15, -0.1) is 0 Å². The molecule has 1 saturated heterocycles. The van der Waals surface area contributed by atoms with Crippen LogP contribution in [0.3, 0.4) is 0 Å². The molecule has 0 aliphatic carbocycles. The molecule has 1 aliphatic rings. The van der Waals surface area contributed by atoms with Gasteiger partial charge < -0.3 is 24.3 Å². The van der Waals surface area contributed by atoms with E-state index in [1.165, 1.54) is 0 Å². The Hall–Kier alpha value is -2.44. The normalized spacial score (nSPS) is 15.7. The Morgan fingerprint density at radius 1 is 0.821 bits per heavy atom. The van der Waals surface area contributed by atoms with Crippen LogP contribution in [-0.2, 0) is 0 Å². The van der Waals surface area contributed by atoms with E-state index in [-0.39, 0.29) is 6.04 Å². The average Bonchev–Trinajstić information content (AvgIpc) is 2.75. The van der Waals surface area contributed by atoms with Gasteiger partial charge in [0.25, 0.3) is 0 Å². The van der Waals surface area contributed by atoms with Crippen molar-refractivity contribution in [2.24, 2.45) is 0 Å². The highest BCUT2D eigenvalue weighted by atomic mass is 16.5. The molecule has 28 heavy (non-hydrogen) atoms. The molecule has 1 N–H and O–H groups in total. The number of benzene rings is 2. The Morgan fingerprint density at radius 2 is 1.36 bits per heavy atom. The maximum atomic E-state index is 5.70. The molecule has 2 aromatic rings. The van der Waals surface area contributed by atoms with Crippen molar-refractivity contribution in [3.05, 3.63) is 47.5 Å². The Balaban J connectivity index is 2.05. The van der Waals surface area contributed by atoms with Crippen LogP contribution >= 0.6 is 0 Å². The monoisotopic (exact) mass is 386 g/mol. The maximum Gasteiger partial charge on any atom is 0.161 e. The number of hydrogen-bond acceptors (Lipinski definition) is 6.